The monoisotopic (exact) mass is 482 g/mol. The van der Waals surface area contributed by atoms with Gasteiger partial charge in [-0.1, -0.05) is 17.9 Å². The number of rotatable bonds is 6. The van der Waals surface area contributed by atoms with Gasteiger partial charge in [-0.15, -0.1) is 0 Å². The Kier molecular flexibility index (Phi) is 7.04. The van der Waals surface area contributed by atoms with Crippen LogP contribution < -0.4 is 9.47 Å². The van der Waals surface area contributed by atoms with E-state index in [0.717, 1.165) is 28.9 Å². The lowest BCUT2D eigenvalue weighted by Crippen LogP contribution is -2.50. The second-order valence-electron chi connectivity index (χ2n) is 9.12. The summed E-state index contributed by atoms with van der Waals surface area (Å²) in [5.74, 6) is 1.33. The van der Waals surface area contributed by atoms with Crippen molar-refractivity contribution >= 4 is 33.4 Å². The number of nitrogens with zero attached hydrogens (tertiary/aromatic N) is 4. The molecule has 2 aromatic heterocycles. The highest BCUT2D eigenvalue weighted by Gasteiger charge is 2.26. The van der Waals surface area contributed by atoms with Gasteiger partial charge in [-0.3, -0.25) is 4.90 Å². The number of fused-ring (bicyclic) bond motifs is 1. The standard InChI is InChI=1S/C25H30N4O4S/c1-17(16-28-11-13-29(14-12-28)24(30)33-25(2,3)4)19-9-8-18(15-20(19)31-5)32-23-27-22-21(34-23)7-6-10-26-22/h6-10,15H,1,11-14,16H2,2-5H3. The molecule has 0 unspecified atom stereocenters. The van der Waals surface area contributed by atoms with Gasteiger partial charge in [0.05, 0.1) is 11.8 Å². The molecule has 1 fully saturated rings. The Morgan fingerprint density at radius 1 is 1.18 bits per heavy atom. The molecule has 9 heteroatoms. The molecule has 34 heavy (non-hydrogen) atoms. The van der Waals surface area contributed by atoms with E-state index < -0.39 is 5.60 Å². The van der Waals surface area contributed by atoms with Crippen LogP contribution in [0.2, 0.25) is 0 Å². The number of hydrogen-bond acceptors (Lipinski definition) is 8. The number of amides is 1. The van der Waals surface area contributed by atoms with Gasteiger partial charge in [0, 0.05) is 50.6 Å². The lowest BCUT2D eigenvalue weighted by molar-refractivity contribution is 0.0155. The molecule has 0 N–H and O–H groups in total. The number of aromatic nitrogens is 2. The number of carbonyl (C=O) groups is 1. The number of thiazole rings is 1. The van der Waals surface area contributed by atoms with Crippen molar-refractivity contribution in [2.75, 3.05) is 39.8 Å². The van der Waals surface area contributed by atoms with Crippen molar-refractivity contribution < 1.29 is 19.0 Å². The minimum Gasteiger partial charge on any atom is -0.496 e. The molecule has 1 amide bonds. The van der Waals surface area contributed by atoms with E-state index in [1.807, 2.05) is 51.1 Å². The Labute approximate surface area is 203 Å². The number of carbonyl (C=O) groups excluding carboxylic acids is 1. The van der Waals surface area contributed by atoms with E-state index in [9.17, 15) is 4.79 Å². The molecule has 1 aliphatic heterocycles. The second kappa shape index (κ2) is 9.99. The third-order valence-corrected chi connectivity index (χ3v) is 6.23. The summed E-state index contributed by atoms with van der Waals surface area (Å²) in [7, 11) is 1.64. The Morgan fingerprint density at radius 2 is 1.94 bits per heavy atom. The summed E-state index contributed by atoms with van der Waals surface area (Å²) in [6, 6.07) is 9.54. The highest BCUT2D eigenvalue weighted by atomic mass is 32.1. The molecule has 1 aliphatic rings. The summed E-state index contributed by atoms with van der Waals surface area (Å²) in [5.41, 5.74) is 2.05. The van der Waals surface area contributed by atoms with Crippen molar-refractivity contribution in [2.24, 2.45) is 0 Å². The van der Waals surface area contributed by atoms with Crippen molar-refractivity contribution in [1.29, 1.82) is 0 Å². The normalized spacial score (nSPS) is 14.8. The maximum absolute atomic E-state index is 12.3. The van der Waals surface area contributed by atoms with Crippen LogP contribution in [0.25, 0.3) is 15.9 Å². The minimum absolute atomic E-state index is 0.257. The van der Waals surface area contributed by atoms with Crippen LogP contribution in [-0.2, 0) is 4.74 Å². The molecule has 0 aliphatic carbocycles. The molecule has 1 saturated heterocycles. The number of methoxy groups -OCH3 is 1. The highest BCUT2D eigenvalue weighted by molar-refractivity contribution is 7.20. The number of piperazine rings is 1. The van der Waals surface area contributed by atoms with Crippen LogP contribution in [-0.4, -0.2) is 71.3 Å². The average Bonchev–Trinajstić information content (AvgIpc) is 3.20. The van der Waals surface area contributed by atoms with Crippen molar-refractivity contribution in [2.45, 2.75) is 26.4 Å². The smallest absolute Gasteiger partial charge is 0.410 e. The van der Waals surface area contributed by atoms with E-state index in [-0.39, 0.29) is 6.09 Å². The van der Waals surface area contributed by atoms with Crippen LogP contribution >= 0.6 is 11.3 Å². The molecular weight excluding hydrogens is 452 g/mol. The van der Waals surface area contributed by atoms with Gasteiger partial charge >= 0.3 is 6.09 Å². The Balaban J connectivity index is 1.36. The second-order valence-corrected chi connectivity index (χ2v) is 10.1. The fraction of sp³-hybridized carbons (Fsp3) is 0.400. The zero-order chi connectivity index (χ0) is 24.3. The third kappa shape index (κ3) is 5.84. The van der Waals surface area contributed by atoms with Gasteiger partial charge in [-0.05, 0) is 50.6 Å². The van der Waals surface area contributed by atoms with E-state index >= 15 is 0 Å². The lowest BCUT2D eigenvalue weighted by Gasteiger charge is -2.36. The van der Waals surface area contributed by atoms with Crippen LogP contribution in [0.15, 0.2) is 43.1 Å². The first-order valence-electron chi connectivity index (χ1n) is 11.2. The predicted molar refractivity (Wildman–Crippen MR) is 134 cm³/mol. The van der Waals surface area contributed by atoms with Crippen LogP contribution in [0.5, 0.6) is 16.7 Å². The third-order valence-electron chi connectivity index (χ3n) is 5.34. The summed E-state index contributed by atoms with van der Waals surface area (Å²) in [5, 5.41) is 0.533. The zero-order valence-corrected chi connectivity index (χ0v) is 20.9. The van der Waals surface area contributed by atoms with E-state index in [4.69, 9.17) is 14.2 Å². The molecule has 1 aromatic carbocycles. The number of ether oxygens (including phenoxy) is 3. The quantitative estimate of drug-likeness (QED) is 0.486. The fourth-order valence-electron chi connectivity index (χ4n) is 3.69. The van der Waals surface area contributed by atoms with E-state index in [2.05, 4.69) is 21.4 Å². The van der Waals surface area contributed by atoms with Crippen LogP contribution in [0.1, 0.15) is 26.3 Å². The maximum Gasteiger partial charge on any atom is 0.410 e. The van der Waals surface area contributed by atoms with E-state index in [0.29, 0.717) is 42.0 Å². The molecule has 0 spiro atoms. The predicted octanol–water partition coefficient (Wildman–Crippen LogP) is 5.06. The summed E-state index contributed by atoms with van der Waals surface area (Å²) >= 11 is 1.45. The molecule has 0 radical (unpaired) electrons. The maximum atomic E-state index is 12.3. The first-order valence-corrected chi connectivity index (χ1v) is 12.0. The van der Waals surface area contributed by atoms with E-state index in [1.54, 1.807) is 18.2 Å². The van der Waals surface area contributed by atoms with Crippen molar-refractivity contribution in [3.8, 4) is 16.7 Å². The summed E-state index contributed by atoms with van der Waals surface area (Å²) in [4.78, 5) is 25.0. The molecular formula is C25H30N4O4S. The van der Waals surface area contributed by atoms with Gasteiger partial charge in [-0.2, -0.15) is 4.98 Å². The van der Waals surface area contributed by atoms with Gasteiger partial charge < -0.3 is 19.1 Å². The Morgan fingerprint density at radius 3 is 2.62 bits per heavy atom. The topological polar surface area (TPSA) is 77.0 Å². The number of benzene rings is 1. The molecule has 0 saturated carbocycles. The van der Waals surface area contributed by atoms with Gasteiger partial charge in [0.1, 0.15) is 17.1 Å². The molecule has 3 aromatic rings. The average molecular weight is 483 g/mol. The largest absolute Gasteiger partial charge is 0.496 e. The Hall–Kier alpha value is -3.17. The van der Waals surface area contributed by atoms with Gasteiger partial charge in [0.2, 0.25) is 0 Å². The first kappa shape index (κ1) is 24.0. The molecule has 180 valence electrons. The molecule has 0 atom stereocenters. The summed E-state index contributed by atoms with van der Waals surface area (Å²) in [6.07, 6.45) is 1.46. The van der Waals surface area contributed by atoms with Crippen molar-refractivity contribution in [1.82, 2.24) is 19.8 Å². The molecule has 3 heterocycles. The number of pyridine rings is 1. The highest BCUT2D eigenvalue weighted by Crippen LogP contribution is 2.34. The Bertz CT molecular complexity index is 1150. The fourth-order valence-corrected chi connectivity index (χ4v) is 4.49. The molecule has 0 bridgehead atoms. The molecule has 8 nitrogen and oxygen atoms in total. The first-order chi connectivity index (χ1) is 16.2. The van der Waals surface area contributed by atoms with Crippen LogP contribution in [0.3, 0.4) is 0 Å². The summed E-state index contributed by atoms with van der Waals surface area (Å²) in [6.45, 7) is 13.4. The minimum atomic E-state index is -0.487. The van der Waals surface area contributed by atoms with Crippen LogP contribution in [0, 0.1) is 0 Å². The van der Waals surface area contributed by atoms with Crippen molar-refractivity contribution in [3.05, 3.63) is 48.7 Å². The van der Waals surface area contributed by atoms with Gasteiger partial charge in [0.15, 0.2) is 5.65 Å². The summed E-state index contributed by atoms with van der Waals surface area (Å²) < 4.78 is 18.0. The van der Waals surface area contributed by atoms with E-state index in [1.165, 1.54) is 11.3 Å². The number of hydrogen-bond donors (Lipinski definition) is 0. The zero-order valence-electron chi connectivity index (χ0n) is 20.0. The SMILES string of the molecule is C=C(CN1CCN(C(=O)OC(C)(C)C)CC1)c1ccc(Oc2nc3ncccc3s2)cc1OC. The lowest BCUT2D eigenvalue weighted by atomic mass is 10.1. The van der Waals surface area contributed by atoms with Crippen LogP contribution in [0.4, 0.5) is 4.79 Å². The van der Waals surface area contributed by atoms with Gasteiger partial charge in [0.25, 0.3) is 5.19 Å². The molecule has 4 rings (SSSR count). The van der Waals surface area contributed by atoms with Gasteiger partial charge in [-0.25, -0.2) is 9.78 Å². The van der Waals surface area contributed by atoms with Crippen molar-refractivity contribution in [3.63, 3.8) is 0 Å².